The number of ether oxygens (including phenoxy) is 3. The molecule has 210 valence electrons. The van der Waals surface area contributed by atoms with Crippen LogP contribution in [-0.2, 0) is 17.8 Å². The monoisotopic (exact) mass is 545 g/mol. The molecule has 0 amide bonds. The van der Waals surface area contributed by atoms with E-state index in [9.17, 15) is 4.79 Å². The van der Waals surface area contributed by atoms with Crippen LogP contribution in [0.4, 0.5) is 0 Å². The van der Waals surface area contributed by atoms with Gasteiger partial charge in [0.1, 0.15) is 17.5 Å². The van der Waals surface area contributed by atoms with E-state index in [0.29, 0.717) is 23.7 Å². The Kier molecular flexibility index (Phi) is 7.76. The van der Waals surface area contributed by atoms with Crippen LogP contribution in [0, 0.1) is 0 Å². The van der Waals surface area contributed by atoms with Crippen molar-refractivity contribution in [3.8, 4) is 11.5 Å². The van der Waals surface area contributed by atoms with Crippen LogP contribution < -0.4 is 15.0 Å². The molecule has 2 aromatic carbocycles. The molecule has 2 saturated heterocycles. The first-order valence-electron chi connectivity index (χ1n) is 13.8. The van der Waals surface area contributed by atoms with Crippen molar-refractivity contribution in [3.05, 3.63) is 75.8 Å². The van der Waals surface area contributed by atoms with Gasteiger partial charge in [0.05, 0.1) is 32.4 Å². The van der Waals surface area contributed by atoms with Crippen molar-refractivity contribution in [2.45, 2.75) is 38.1 Å². The Labute approximate surface area is 232 Å². The van der Waals surface area contributed by atoms with Gasteiger partial charge in [0.2, 0.25) is 0 Å². The van der Waals surface area contributed by atoms with Crippen LogP contribution in [0.5, 0.6) is 11.5 Å². The van der Waals surface area contributed by atoms with Gasteiger partial charge in [-0.1, -0.05) is 12.1 Å². The van der Waals surface area contributed by atoms with Crippen molar-refractivity contribution in [2.24, 2.45) is 0 Å². The maximum atomic E-state index is 13.6. The molecule has 0 bridgehead atoms. The molecule has 6 rings (SSSR count). The summed E-state index contributed by atoms with van der Waals surface area (Å²) in [4.78, 5) is 21.4. The fourth-order valence-corrected chi connectivity index (χ4v) is 5.71. The van der Waals surface area contributed by atoms with E-state index in [-0.39, 0.29) is 11.7 Å². The molecule has 0 aliphatic carbocycles. The lowest BCUT2D eigenvalue weighted by atomic mass is 10.0. The average Bonchev–Trinajstić information content (AvgIpc) is 3.67. The summed E-state index contributed by atoms with van der Waals surface area (Å²) in [6, 6.07) is 15.5. The zero-order chi connectivity index (χ0) is 27.5. The molecule has 11 heteroatoms. The Balaban J connectivity index is 1.29. The molecule has 1 N–H and O–H groups in total. The molecular weight excluding hydrogens is 510 g/mol. The molecule has 0 spiro atoms. The van der Waals surface area contributed by atoms with Crippen LogP contribution in [-0.4, -0.2) is 88.1 Å². The highest BCUT2D eigenvalue weighted by atomic mass is 16.5. The molecule has 4 heterocycles. The number of hydrogen-bond donors (Lipinski definition) is 1. The highest BCUT2D eigenvalue weighted by Gasteiger charge is 2.33. The molecule has 2 atom stereocenters. The number of fused-ring (bicyclic) bond motifs is 1. The van der Waals surface area contributed by atoms with Crippen LogP contribution in [0.2, 0.25) is 0 Å². The quantitative estimate of drug-likeness (QED) is 0.339. The fourth-order valence-electron chi connectivity index (χ4n) is 5.71. The first-order valence-corrected chi connectivity index (χ1v) is 13.8. The summed E-state index contributed by atoms with van der Waals surface area (Å²) in [6.07, 6.45) is 2.09. The number of benzene rings is 2. The lowest BCUT2D eigenvalue weighted by Gasteiger charge is -2.38. The van der Waals surface area contributed by atoms with E-state index >= 15 is 0 Å². The molecule has 40 heavy (non-hydrogen) atoms. The summed E-state index contributed by atoms with van der Waals surface area (Å²) < 4.78 is 18.3. The summed E-state index contributed by atoms with van der Waals surface area (Å²) in [5, 5.41) is 13.8. The second-order valence-electron chi connectivity index (χ2n) is 10.4. The normalized spacial score (nSPS) is 19.2. The molecule has 4 aromatic rings. The second-order valence-corrected chi connectivity index (χ2v) is 10.4. The highest BCUT2D eigenvalue weighted by Crippen LogP contribution is 2.29. The van der Waals surface area contributed by atoms with Gasteiger partial charge >= 0.3 is 0 Å². The molecule has 0 saturated carbocycles. The van der Waals surface area contributed by atoms with Crippen LogP contribution in [0.1, 0.15) is 35.8 Å². The third-order valence-corrected chi connectivity index (χ3v) is 7.92. The Hall–Kier alpha value is -3.80. The number of nitrogens with one attached hydrogen (secondary N) is 1. The Bertz CT molecular complexity index is 1490. The van der Waals surface area contributed by atoms with Gasteiger partial charge in [-0.05, 0) is 64.5 Å². The number of piperazine rings is 1. The molecule has 2 fully saturated rings. The number of rotatable bonds is 9. The van der Waals surface area contributed by atoms with Crippen molar-refractivity contribution in [3.63, 3.8) is 0 Å². The molecule has 2 aliphatic rings. The summed E-state index contributed by atoms with van der Waals surface area (Å²) in [6.45, 7) is 5.45. The summed E-state index contributed by atoms with van der Waals surface area (Å²) in [5.74, 6) is 2.22. The minimum Gasteiger partial charge on any atom is -0.497 e. The molecule has 0 radical (unpaired) electrons. The number of tetrazole rings is 1. The average molecular weight is 546 g/mol. The predicted octanol–water partition coefficient (Wildman–Crippen LogP) is 2.62. The highest BCUT2D eigenvalue weighted by molar-refractivity contribution is 5.80. The number of aromatic nitrogens is 5. The van der Waals surface area contributed by atoms with Gasteiger partial charge in [-0.15, -0.1) is 5.10 Å². The smallest absolute Gasteiger partial charge is 0.253 e. The number of methoxy groups -OCH3 is 2. The fraction of sp³-hybridized carbons (Fsp3) is 0.448. The third-order valence-electron chi connectivity index (χ3n) is 7.92. The van der Waals surface area contributed by atoms with Gasteiger partial charge in [0.15, 0.2) is 5.82 Å². The second kappa shape index (κ2) is 11.7. The van der Waals surface area contributed by atoms with E-state index in [4.69, 9.17) is 14.2 Å². The summed E-state index contributed by atoms with van der Waals surface area (Å²) >= 11 is 0. The van der Waals surface area contributed by atoms with Crippen molar-refractivity contribution >= 4 is 10.9 Å². The first-order chi connectivity index (χ1) is 19.6. The van der Waals surface area contributed by atoms with Gasteiger partial charge in [0.25, 0.3) is 5.56 Å². The molecular formula is C29H35N7O4. The Morgan fingerprint density at radius 1 is 1.02 bits per heavy atom. The summed E-state index contributed by atoms with van der Waals surface area (Å²) in [7, 11) is 3.30. The van der Waals surface area contributed by atoms with Crippen molar-refractivity contribution in [1.82, 2.24) is 35.0 Å². The molecule has 0 unspecified atom stereocenters. The van der Waals surface area contributed by atoms with Crippen LogP contribution >= 0.6 is 0 Å². The van der Waals surface area contributed by atoms with E-state index in [1.165, 1.54) is 5.56 Å². The first kappa shape index (κ1) is 26.4. The predicted molar refractivity (Wildman–Crippen MR) is 150 cm³/mol. The third kappa shape index (κ3) is 5.58. The summed E-state index contributed by atoms with van der Waals surface area (Å²) in [5.41, 5.74) is 2.45. The zero-order valence-electron chi connectivity index (χ0n) is 23.0. The Morgan fingerprint density at radius 2 is 1.80 bits per heavy atom. The van der Waals surface area contributed by atoms with E-state index in [2.05, 4.69) is 42.4 Å². The van der Waals surface area contributed by atoms with Crippen LogP contribution in [0.25, 0.3) is 10.9 Å². The van der Waals surface area contributed by atoms with Gasteiger partial charge < -0.3 is 19.2 Å². The number of H-pyrrole nitrogens is 1. The topological polar surface area (TPSA) is 111 Å². The largest absolute Gasteiger partial charge is 0.497 e. The number of nitrogens with zero attached hydrogens (tertiary/aromatic N) is 6. The van der Waals surface area contributed by atoms with Gasteiger partial charge in [-0.25, -0.2) is 4.68 Å². The maximum Gasteiger partial charge on any atom is 0.253 e. The van der Waals surface area contributed by atoms with Crippen molar-refractivity contribution in [1.29, 1.82) is 0 Å². The lowest BCUT2D eigenvalue weighted by molar-refractivity contribution is 0.0840. The van der Waals surface area contributed by atoms with Crippen molar-refractivity contribution < 1.29 is 14.2 Å². The minimum atomic E-state index is -0.394. The Morgan fingerprint density at radius 3 is 2.52 bits per heavy atom. The van der Waals surface area contributed by atoms with E-state index < -0.39 is 6.04 Å². The number of aromatic amines is 1. The van der Waals surface area contributed by atoms with Crippen LogP contribution in [0.3, 0.4) is 0 Å². The maximum absolute atomic E-state index is 13.6. The lowest BCUT2D eigenvalue weighted by Crippen LogP contribution is -2.48. The molecule has 2 aromatic heterocycles. The van der Waals surface area contributed by atoms with Crippen molar-refractivity contribution in [2.75, 3.05) is 47.0 Å². The standard InChI is InChI=1S/C29H35N7O4/c1-38-22-8-5-20(6-9-22)18-34-11-13-35(14-12-34)27(28-31-32-33-36(28)19-24-4-3-15-40-24)25-16-21-7-10-23(39-2)17-26(21)30-29(25)37/h5-10,16-17,24,27H,3-4,11-15,18-19H2,1-2H3,(H,30,37)/t24-,27+/m1/s1. The number of hydrogen-bond acceptors (Lipinski definition) is 9. The van der Waals surface area contributed by atoms with Gasteiger partial charge in [0, 0.05) is 51.0 Å². The molecule has 11 nitrogen and oxygen atoms in total. The van der Waals surface area contributed by atoms with Gasteiger partial charge in [-0.2, -0.15) is 0 Å². The van der Waals surface area contributed by atoms with Crippen LogP contribution in [0.15, 0.2) is 53.3 Å². The van der Waals surface area contributed by atoms with Gasteiger partial charge in [-0.3, -0.25) is 14.6 Å². The van der Waals surface area contributed by atoms with E-state index in [1.807, 2.05) is 41.1 Å². The zero-order valence-corrected chi connectivity index (χ0v) is 23.0. The molecule has 2 aliphatic heterocycles. The number of pyridine rings is 1. The minimum absolute atomic E-state index is 0.0756. The van der Waals surface area contributed by atoms with E-state index in [0.717, 1.165) is 68.8 Å². The van der Waals surface area contributed by atoms with E-state index in [1.54, 1.807) is 14.2 Å². The SMILES string of the molecule is COc1ccc(CN2CCN([C@@H](c3cc4ccc(OC)cc4[nH]c3=O)c3nnnn3C[C@H]3CCCO3)CC2)cc1.